The predicted octanol–water partition coefficient (Wildman–Crippen LogP) is 0.401. The van der Waals surface area contributed by atoms with E-state index in [9.17, 15) is 13.2 Å². The zero-order valence-corrected chi connectivity index (χ0v) is 11.0. The largest absolute Gasteiger partial charge is 0.401 e. The van der Waals surface area contributed by atoms with Gasteiger partial charge in [-0.05, 0) is 7.05 Å². The molecule has 1 atom stereocenters. The van der Waals surface area contributed by atoms with Gasteiger partial charge in [0.2, 0.25) is 0 Å². The Morgan fingerprint density at radius 2 is 1.72 bits per heavy atom. The molecule has 1 saturated heterocycles. The van der Waals surface area contributed by atoms with Crippen LogP contribution >= 0.6 is 0 Å². The molecule has 0 radical (unpaired) electrons. The second-order valence-electron chi connectivity index (χ2n) is 4.63. The van der Waals surface area contributed by atoms with Crippen LogP contribution in [0.1, 0.15) is 0 Å². The molecule has 1 heterocycles. The molecule has 1 aliphatic rings. The normalized spacial score (nSPS) is 21.2. The van der Waals surface area contributed by atoms with E-state index in [-0.39, 0.29) is 6.04 Å². The van der Waals surface area contributed by atoms with E-state index in [4.69, 9.17) is 4.74 Å². The number of ether oxygens (including phenoxy) is 1. The van der Waals surface area contributed by atoms with E-state index >= 15 is 0 Å². The van der Waals surface area contributed by atoms with Crippen LogP contribution in [0.3, 0.4) is 0 Å². The van der Waals surface area contributed by atoms with Gasteiger partial charge in [0.25, 0.3) is 0 Å². The lowest BCUT2D eigenvalue weighted by Gasteiger charge is -2.36. The quantitative estimate of drug-likeness (QED) is 0.755. The first-order valence-electron chi connectivity index (χ1n) is 6.12. The zero-order chi connectivity index (χ0) is 13.6. The zero-order valence-electron chi connectivity index (χ0n) is 11.0. The summed E-state index contributed by atoms with van der Waals surface area (Å²) in [5.41, 5.74) is 0. The molecular weight excluding hydrogens is 247 g/mol. The van der Waals surface area contributed by atoms with Crippen LogP contribution in [-0.2, 0) is 4.74 Å². The Hall–Kier alpha value is -0.370. The van der Waals surface area contributed by atoms with E-state index in [1.165, 1.54) is 4.90 Å². The molecule has 0 amide bonds. The SMILES string of the molecule is CNC(COC)CN1CCN(CC(F)(F)F)CC1. The Balaban J connectivity index is 2.26. The Morgan fingerprint density at radius 1 is 1.17 bits per heavy atom. The standard InChI is InChI=1S/C11H22F3N3O/c1-15-10(8-18-2)7-16-3-5-17(6-4-16)9-11(12,13)14/h10,15H,3-9H2,1-2H3. The summed E-state index contributed by atoms with van der Waals surface area (Å²) in [6, 6.07) is 0.226. The summed E-state index contributed by atoms with van der Waals surface area (Å²) in [5, 5.41) is 3.14. The number of likely N-dealkylation sites (N-methyl/N-ethyl adjacent to an activating group) is 1. The van der Waals surface area contributed by atoms with Crippen molar-refractivity contribution in [2.75, 3.05) is 60.0 Å². The van der Waals surface area contributed by atoms with Gasteiger partial charge < -0.3 is 10.1 Å². The summed E-state index contributed by atoms with van der Waals surface area (Å²) in [7, 11) is 3.51. The molecule has 0 bridgehead atoms. The van der Waals surface area contributed by atoms with Gasteiger partial charge in [-0.2, -0.15) is 13.2 Å². The average molecular weight is 269 g/mol. The maximum absolute atomic E-state index is 12.2. The van der Waals surface area contributed by atoms with Gasteiger partial charge in [-0.1, -0.05) is 0 Å². The Bertz CT molecular complexity index is 230. The second-order valence-corrected chi connectivity index (χ2v) is 4.63. The maximum atomic E-state index is 12.2. The predicted molar refractivity (Wildman–Crippen MR) is 63.7 cm³/mol. The van der Waals surface area contributed by atoms with E-state index in [0.29, 0.717) is 32.8 Å². The molecule has 0 aromatic rings. The van der Waals surface area contributed by atoms with E-state index in [0.717, 1.165) is 6.54 Å². The van der Waals surface area contributed by atoms with Crippen molar-refractivity contribution >= 4 is 0 Å². The lowest BCUT2D eigenvalue weighted by Crippen LogP contribution is -2.52. The number of hydrogen-bond donors (Lipinski definition) is 1. The highest BCUT2D eigenvalue weighted by Gasteiger charge is 2.32. The third-order valence-corrected chi connectivity index (χ3v) is 3.12. The molecule has 1 unspecified atom stereocenters. The molecule has 0 saturated carbocycles. The molecule has 4 nitrogen and oxygen atoms in total. The van der Waals surface area contributed by atoms with Crippen molar-refractivity contribution in [3.05, 3.63) is 0 Å². The minimum atomic E-state index is -4.09. The second kappa shape index (κ2) is 7.28. The first kappa shape index (κ1) is 15.7. The van der Waals surface area contributed by atoms with Gasteiger partial charge in [-0.3, -0.25) is 9.80 Å². The van der Waals surface area contributed by atoms with Crippen molar-refractivity contribution in [3.8, 4) is 0 Å². The summed E-state index contributed by atoms with van der Waals surface area (Å²) >= 11 is 0. The molecule has 1 aliphatic heterocycles. The highest BCUT2D eigenvalue weighted by Crippen LogP contribution is 2.17. The van der Waals surface area contributed by atoms with Crippen molar-refractivity contribution in [2.24, 2.45) is 0 Å². The molecule has 1 fully saturated rings. The molecule has 18 heavy (non-hydrogen) atoms. The highest BCUT2D eigenvalue weighted by atomic mass is 19.4. The highest BCUT2D eigenvalue weighted by molar-refractivity contribution is 4.77. The third kappa shape index (κ3) is 5.99. The number of hydrogen-bond acceptors (Lipinski definition) is 4. The van der Waals surface area contributed by atoms with Crippen LogP contribution in [0.25, 0.3) is 0 Å². The number of halogens is 3. The number of rotatable bonds is 6. The summed E-state index contributed by atoms with van der Waals surface area (Å²) < 4.78 is 41.7. The van der Waals surface area contributed by atoms with Gasteiger partial charge in [-0.25, -0.2) is 0 Å². The van der Waals surface area contributed by atoms with E-state index < -0.39 is 12.7 Å². The molecular formula is C11H22F3N3O. The van der Waals surface area contributed by atoms with Crippen molar-refractivity contribution in [1.29, 1.82) is 0 Å². The molecule has 108 valence electrons. The lowest BCUT2D eigenvalue weighted by atomic mass is 10.2. The van der Waals surface area contributed by atoms with E-state index in [2.05, 4.69) is 10.2 Å². The fourth-order valence-corrected chi connectivity index (χ4v) is 2.12. The van der Waals surface area contributed by atoms with Crippen molar-refractivity contribution in [1.82, 2.24) is 15.1 Å². The summed E-state index contributed by atoms with van der Waals surface area (Å²) in [6.45, 7) is 2.93. The van der Waals surface area contributed by atoms with Crippen molar-refractivity contribution in [2.45, 2.75) is 12.2 Å². The van der Waals surface area contributed by atoms with E-state index in [1.54, 1.807) is 7.11 Å². The lowest BCUT2D eigenvalue weighted by molar-refractivity contribution is -0.149. The van der Waals surface area contributed by atoms with Crippen molar-refractivity contribution < 1.29 is 17.9 Å². The van der Waals surface area contributed by atoms with Gasteiger partial charge >= 0.3 is 6.18 Å². The molecule has 1 rings (SSSR count). The molecule has 0 aliphatic carbocycles. The number of piperazine rings is 1. The van der Waals surface area contributed by atoms with Crippen LogP contribution in [0.4, 0.5) is 13.2 Å². The maximum Gasteiger partial charge on any atom is 0.401 e. The smallest absolute Gasteiger partial charge is 0.383 e. The van der Waals surface area contributed by atoms with Gasteiger partial charge in [-0.15, -0.1) is 0 Å². The van der Waals surface area contributed by atoms with Gasteiger partial charge in [0.15, 0.2) is 0 Å². The molecule has 0 aromatic carbocycles. The number of nitrogens with one attached hydrogen (secondary N) is 1. The molecule has 1 N–H and O–H groups in total. The van der Waals surface area contributed by atoms with Crippen LogP contribution in [0.2, 0.25) is 0 Å². The fraction of sp³-hybridized carbons (Fsp3) is 1.00. The van der Waals surface area contributed by atoms with Gasteiger partial charge in [0.05, 0.1) is 13.2 Å². The fourth-order valence-electron chi connectivity index (χ4n) is 2.12. The topological polar surface area (TPSA) is 27.7 Å². The molecule has 0 spiro atoms. The first-order chi connectivity index (χ1) is 8.44. The molecule has 7 heteroatoms. The van der Waals surface area contributed by atoms with Crippen LogP contribution in [-0.4, -0.2) is 82.1 Å². The van der Waals surface area contributed by atoms with Gasteiger partial charge in [0.1, 0.15) is 0 Å². The number of alkyl halides is 3. The Kier molecular flexibility index (Phi) is 6.34. The Morgan fingerprint density at radius 3 is 2.17 bits per heavy atom. The first-order valence-corrected chi connectivity index (χ1v) is 6.12. The summed E-state index contributed by atoms with van der Waals surface area (Å²) in [6.07, 6.45) is -4.09. The minimum absolute atomic E-state index is 0.226. The number of nitrogens with zero attached hydrogens (tertiary/aromatic N) is 2. The third-order valence-electron chi connectivity index (χ3n) is 3.12. The minimum Gasteiger partial charge on any atom is -0.383 e. The van der Waals surface area contributed by atoms with Crippen molar-refractivity contribution in [3.63, 3.8) is 0 Å². The van der Waals surface area contributed by atoms with Crippen LogP contribution in [0, 0.1) is 0 Å². The van der Waals surface area contributed by atoms with Crippen LogP contribution < -0.4 is 5.32 Å². The summed E-state index contributed by atoms with van der Waals surface area (Å²) in [4.78, 5) is 3.63. The Labute approximate surface area is 106 Å². The molecule has 0 aromatic heterocycles. The average Bonchev–Trinajstić information content (AvgIpc) is 2.29. The summed E-state index contributed by atoms with van der Waals surface area (Å²) in [5.74, 6) is 0. The monoisotopic (exact) mass is 269 g/mol. The van der Waals surface area contributed by atoms with Gasteiger partial charge in [0, 0.05) is 45.9 Å². The van der Waals surface area contributed by atoms with E-state index in [1.807, 2.05) is 7.05 Å². The van der Waals surface area contributed by atoms with Crippen LogP contribution in [0.5, 0.6) is 0 Å². The van der Waals surface area contributed by atoms with Crippen LogP contribution in [0.15, 0.2) is 0 Å². The number of methoxy groups -OCH3 is 1.